The molecule has 7 heteroatoms. The molecule has 0 amide bonds. The van der Waals surface area contributed by atoms with Gasteiger partial charge in [-0.05, 0) is 19.9 Å². The van der Waals surface area contributed by atoms with Gasteiger partial charge in [-0.25, -0.2) is 4.98 Å². The summed E-state index contributed by atoms with van der Waals surface area (Å²) in [5, 5.41) is 21.2. The number of hydrogen-bond donors (Lipinski definition) is 3. The van der Waals surface area contributed by atoms with Gasteiger partial charge in [0.25, 0.3) is 0 Å². The molecule has 0 bridgehead atoms. The Bertz CT molecular complexity index is 462. The molecule has 4 N–H and O–H groups in total. The number of nitrogens with two attached hydrogens (primary N) is 1. The van der Waals surface area contributed by atoms with E-state index in [9.17, 15) is 5.11 Å². The summed E-state index contributed by atoms with van der Waals surface area (Å²) >= 11 is 6.18. The normalized spacial score (nSPS) is 12.6. The molecular weight excluding hydrogens is 256 g/mol. The number of pyridine rings is 1. The van der Waals surface area contributed by atoms with Crippen molar-refractivity contribution in [2.75, 3.05) is 18.6 Å². The number of halogens is 1. The van der Waals surface area contributed by atoms with E-state index < -0.39 is 5.54 Å². The van der Waals surface area contributed by atoms with Gasteiger partial charge in [-0.15, -0.1) is 0 Å². The summed E-state index contributed by atoms with van der Waals surface area (Å²) in [6.45, 7) is 3.64. The molecule has 1 rings (SSSR count). The molecule has 1 heterocycles. The summed E-state index contributed by atoms with van der Waals surface area (Å²) < 4.78 is 0. The van der Waals surface area contributed by atoms with E-state index in [1.54, 1.807) is 18.0 Å². The Morgan fingerprint density at radius 2 is 2.22 bits per heavy atom. The summed E-state index contributed by atoms with van der Waals surface area (Å²) in [6.07, 6.45) is 1.51. The standard InChI is InChI=1S/C11H17ClN4O2/c1-11(2,6-17)16(3)10-8(12)7(4-5-14-10)9(13)15-18/h4-5,17-18H,6H2,1-3H3,(H2,13,15). The maximum atomic E-state index is 9.34. The number of hydrogen-bond acceptors (Lipinski definition) is 5. The Labute approximate surface area is 111 Å². The number of oxime groups is 1. The van der Waals surface area contributed by atoms with Crippen molar-refractivity contribution in [1.82, 2.24) is 4.98 Å². The maximum absolute atomic E-state index is 9.34. The molecule has 0 unspecified atom stereocenters. The van der Waals surface area contributed by atoms with E-state index in [1.807, 2.05) is 13.8 Å². The zero-order valence-corrected chi connectivity index (χ0v) is 11.3. The van der Waals surface area contributed by atoms with Crippen LogP contribution < -0.4 is 10.6 Å². The van der Waals surface area contributed by atoms with Crippen molar-refractivity contribution in [1.29, 1.82) is 0 Å². The van der Waals surface area contributed by atoms with E-state index in [0.717, 1.165) is 0 Å². The number of anilines is 1. The van der Waals surface area contributed by atoms with Crippen LogP contribution in [-0.4, -0.2) is 40.3 Å². The van der Waals surface area contributed by atoms with Crippen molar-refractivity contribution in [3.05, 3.63) is 22.8 Å². The number of amidine groups is 1. The summed E-state index contributed by atoms with van der Waals surface area (Å²) in [6, 6.07) is 1.56. The molecule has 6 nitrogen and oxygen atoms in total. The van der Waals surface area contributed by atoms with E-state index in [2.05, 4.69) is 10.1 Å². The molecule has 0 aromatic carbocycles. The lowest BCUT2D eigenvalue weighted by atomic mass is 10.0. The minimum absolute atomic E-state index is 0.0602. The number of aliphatic hydroxyl groups excluding tert-OH is 1. The van der Waals surface area contributed by atoms with E-state index >= 15 is 0 Å². The molecule has 1 aromatic rings. The van der Waals surface area contributed by atoms with Gasteiger partial charge in [0.15, 0.2) is 5.84 Å². The lowest BCUT2D eigenvalue weighted by Crippen LogP contribution is -2.45. The first-order valence-electron chi connectivity index (χ1n) is 5.32. The second-order valence-electron chi connectivity index (χ2n) is 4.51. The van der Waals surface area contributed by atoms with E-state index in [4.69, 9.17) is 22.5 Å². The van der Waals surface area contributed by atoms with Crippen molar-refractivity contribution in [2.45, 2.75) is 19.4 Å². The molecule has 0 saturated carbocycles. The highest BCUT2D eigenvalue weighted by Gasteiger charge is 2.26. The predicted octanol–water partition coefficient (Wildman–Crippen LogP) is 1.04. The van der Waals surface area contributed by atoms with E-state index in [-0.39, 0.29) is 17.5 Å². The van der Waals surface area contributed by atoms with Crippen LogP contribution >= 0.6 is 11.6 Å². The number of aliphatic hydroxyl groups is 1. The Morgan fingerprint density at radius 1 is 1.61 bits per heavy atom. The fourth-order valence-electron chi connectivity index (χ4n) is 1.31. The van der Waals surface area contributed by atoms with Crippen molar-refractivity contribution in [3.63, 3.8) is 0 Å². The van der Waals surface area contributed by atoms with Crippen LogP contribution in [0.5, 0.6) is 0 Å². The highest BCUT2D eigenvalue weighted by Crippen LogP contribution is 2.30. The monoisotopic (exact) mass is 272 g/mol. The highest BCUT2D eigenvalue weighted by molar-refractivity contribution is 6.36. The minimum atomic E-state index is -0.527. The Morgan fingerprint density at radius 3 is 2.72 bits per heavy atom. The number of nitrogens with zero attached hydrogens (tertiary/aromatic N) is 3. The quantitative estimate of drug-likeness (QED) is 0.329. The van der Waals surface area contributed by atoms with Gasteiger partial charge in [-0.3, -0.25) is 0 Å². The SMILES string of the molecule is CN(c1nccc(/C(N)=N/O)c1Cl)C(C)(C)CO. The molecule has 0 saturated heterocycles. The van der Waals surface area contributed by atoms with E-state index in [1.165, 1.54) is 6.20 Å². The lowest BCUT2D eigenvalue weighted by molar-refractivity contribution is 0.215. The zero-order chi connectivity index (χ0) is 13.9. The summed E-state index contributed by atoms with van der Waals surface area (Å²) in [4.78, 5) is 5.90. The average Bonchev–Trinajstić information content (AvgIpc) is 2.37. The topological polar surface area (TPSA) is 95.0 Å². The van der Waals surface area contributed by atoms with Crippen LogP contribution in [0.1, 0.15) is 19.4 Å². The molecule has 0 spiro atoms. The van der Waals surface area contributed by atoms with Crippen LogP contribution in [0.25, 0.3) is 0 Å². The summed E-state index contributed by atoms with van der Waals surface area (Å²) in [5.41, 5.74) is 5.39. The van der Waals surface area contributed by atoms with E-state index in [0.29, 0.717) is 11.4 Å². The highest BCUT2D eigenvalue weighted by atomic mass is 35.5. The van der Waals surface area contributed by atoms with Crippen LogP contribution in [0.3, 0.4) is 0 Å². The zero-order valence-electron chi connectivity index (χ0n) is 10.6. The first kappa shape index (κ1) is 14.5. The molecule has 0 aliphatic carbocycles. The maximum Gasteiger partial charge on any atom is 0.171 e. The third kappa shape index (κ3) is 2.65. The van der Waals surface area contributed by atoms with Gasteiger partial charge in [0.1, 0.15) is 5.82 Å². The largest absolute Gasteiger partial charge is 0.409 e. The van der Waals surface area contributed by atoms with Gasteiger partial charge in [0.05, 0.1) is 17.2 Å². The Kier molecular flexibility index (Phi) is 4.37. The first-order chi connectivity index (χ1) is 8.35. The van der Waals surface area contributed by atoms with Crippen LogP contribution in [-0.2, 0) is 0 Å². The Hall–Kier alpha value is -1.53. The third-order valence-electron chi connectivity index (χ3n) is 2.87. The molecule has 0 aliphatic heterocycles. The van der Waals surface area contributed by atoms with Gasteiger partial charge in [0, 0.05) is 18.8 Å². The van der Waals surface area contributed by atoms with Gasteiger partial charge < -0.3 is 20.9 Å². The summed E-state index contributed by atoms with van der Waals surface area (Å²) in [5.74, 6) is 0.374. The van der Waals surface area contributed by atoms with Crippen molar-refractivity contribution >= 4 is 23.3 Å². The van der Waals surface area contributed by atoms with Gasteiger partial charge >= 0.3 is 0 Å². The molecule has 18 heavy (non-hydrogen) atoms. The van der Waals surface area contributed by atoms with Crippen LogP contribution in [0, 0.1) is 0 Å². The molecule has 0 radical (unpaired) electrons. The number of aromatic nitrogens is 1. The predicted molar refractivity (Wildman–Crippen MR) is 71.3 cm³/mol. The van der Waals surface area contributed by atoms with Gasteiger partial charge in [-0.2, -0.15) is 0 Å². The summed E-state index contributed by atoms with van der Waals surface area (Å²) in [7, 11) is 1.76. The smallest absolute Gasteiger partial charge is 0.171 e. The lowest BCUT2D eigenvalue weighted by Gasteiger charge is -2.35. The van der Waals surface area contributed by atoms with Crippen LogP contribution in [0.4, 0.5) is 5.82 Å². The minimum Gasteiger partial charge on any atom is -0.409 e. The van der Waals surface area contributed by atoms with Crippen molar-refractivity contribution < 1.29 is 10.3 Å². The molecule has 0 fully saturated rings. The average molecular weight is 273 g/mol. The third-order valence-corrected chi connectivity index (χ3v) is 3.24. The Balaban J connectivity index is 3.28. The van der Waals surface area contributed by atoms with Crippen molar-refractivity contribution in [2.24, 2.45) is 10.9 Å². The fourth-order valence-corrected chi connectivity index (χ4v) is 1.65. The second-order valence-corrected chi connectivity index (χ2v) is 4.89. The first-order valence-corrected chi connectivity index (χ1v) is 5.70. The van der Waals surface area contributed by atoms with Gasteiger partial charge in [-0.1, -0.05) is 16.8 Å². The second kappa shape index (κ2) is 5.41. The van der Waals surface area contributed by atoms with Crippen LogP contribution in [0.2, 0.25) is 5.02 Å². The molecule has 1 aromatic heterocycles. The fraction of sp³-hybridized carbons (Fsp3) is 0.455. The molecule has 100 valence electrons. The van der Waals surface area contributed by atoms with Gasteiger partial charge in [0.2, 0.25) is 0 Å². The molecule has 0 aliphatic rings. The van der Waals surface area contributed by atoms with Crippen LogP contribution in [0.15, 0.2) is 17.4 Å². The van der Waals surface area contributed by atoms with Crippen molar-refractivity contribution in [3.8, 4) is 0 Å². The number of rotatable bonds is 4. The number of likely N-dealkylation sites (N-methyl/N-ethyl adjacent to an activating group) is 1. The molecule has 0 atom stereocenters. The molecular formula is C11H17ClN4O2.